The molecule has 0 aliphatic rings. The van der Waals surface area contributed by atoms with Gasteiger partial charge in [-0.1, -0.05) is 59.8 Å². The van der Waals surface area contributed by atoms with E-state index in [1.54, 1.807) is 18.7 Å². The quantitative estimate of drug-likeness (QED) is 0.669. The summed E-state index contributed by atoms with van der Waals surface area (Å²) in [5.74, 6) is 0. The molecule has 0 bridgehead atoms. The van der Waals surface area contributed by atoms with Gasteiger partial charge in [-0.25, -0.2) is 0 Å². The molecule has 1 N–H and O–H groups in total. The van der Waals surface area contributed by atoms with Gasteiger partial charge in [0.2, 0.25) is 0 Å². The number of aliphatic hydroxyl groups excluding tert-OH is 1. The molecule has 0 amide bonds. The lowest BCUT2D eigenvalue weighted by Gasteiger charge is -2.09. The standard InChI is InChI=1S/C18H15ClOS/c1-12(20)14-7-9-18(17(19)11-14)21-16-8-6-13-4-2-3-5-15(13)10-16/h2-12,20H,1H3. The molecule has 3 heteroatoms. The molecule has 0 heterocycles. The van der Waals surface area contributed by atoms with Crippen molar-refractivity contribution in [3.63, 3.8) is 0 Å². The normalized spacial score (nSPS) is 12.5. The summed E-state index contributed by atoms with van der Waals surface area (Å²) in [5, 5.41) is 12.7. The molecule has 0 saturated heterocycles. The molecule has 0 aliphatic heterocycles. The third kappa shape index (κ3) is 3.24. The van der Waals surface area contributed by atoms with Crippen molar-refractivity contribution in [2.24, 2.45) is 0 Å². The Balaban J connectivity index is 1.91. The summed E-state index contributed by atoms with van der Waals surface area (Å²) in [4.78, 5) is 2.15. The molecule has 0 aliphatic carbocycles. The van der Waals surface area contributed by atoms with Crippen molar-refractivity contribution in [1.29, 1.82) is 0 Å². The van der Waals surface area contributed by atoms with E-state index >= 15 is 0 Å². The van der Waals surface area contributed by atoms with Gasteiger partial charge in [0, 0.05) is 9.79 Å². The fourth-order valence-electron chi connectivity index (χ4n) is 2.22. The molecule has 0 fully saturated rings. The number of hydrogen-bond donors (Lipinski definition) is 1. The van der Waals surface area contributed by atoms with E-state index in [4.69, 9.17) is 11.6 Å². The summed E-state index contributed by atoms with van der Waals surface area (Å²) in [6, 6.07) is 20.4. The number of hydrogen-bond acceptors (Lipinski definition) is 2. The summed E-state index contributed by atoms with van der Waals surface area (Å²) in [5.41, 5.74) is 0.836. The number of fused-ring (bicyclic) bond motifs is 1. The third-order valence-electron chi connectivity index (χ3n) is 3.39. The fourth-order valence-corrected chi connectivity index (χ4v) is 3.39. The highest BCUT2D eigenvalue weighted by Gasteiger charge is 2.07. The maximum atomic E-state index is 9.58. The Labute approximate surface area is 133 Å². The molecule has 3 aromatic carbocycles. The van der Waals surface area contributed by atoms with Crippen molar-refractivity contribution in [2.45, 2.75) is 22.8 Å². The molecule has 1 atom stereocenters. The van der Waals surface area contributed by atoms with Crippen molar-refractivity contribution >= 4 is 34.1 Å². The van der Waals surface area contributed by atoms with Gasteiger partial charge in [-0.15, -0.1) is 0 Å². The topological polar surface area (TPSA) is 20.2 Å². The first kappa shape index (κ1) is 14.5. The molecule has 0 radical (unpaired) electrons. The van der Waals surface area contributed by atoms with Crippen LogP contribution in [0.1, 0.15) is 18.6 Å². The van der Waals surface area contributed by atoms with Gasteiger partial charge < -0.3 is 5.11 Å². The molecule has 0 aromatic heterocycles. The average molecular weight is 315 g/mol. The summed E-state index contributed by atoms with van der Waals surface area (Å²) in [6.45, 7) is 1.74. The third-order valence-corrected chi connectivity index (χ3v) is 4.88. The molecule has 0 spiro atoms. The molecular weight excluding hydrogens is 300 g/mol. The highest BCUT2D eigenvalue weighted by molar-refractivity contribution is 7.99. The second-order valence-corrected chi connectivity index (χ2v) is 6.50. The van der Waals surface area contributed by atoms with Crippen LogP contribution in [0.2, 0.25) is 5.02 Å². The Morgan fingerprint density at radius 1 is 0.952 bits per heavy atom. The Bertz CT molecular complexity index is 783. The smallest absolute Gasteiger partial charge is 0.0762 e. The zero-order valence-corrected chi connectivity index (χ0v) is 13.2. The Morgan fingerprint density at radius 3 is 2.43 bits per heavy atom. The van der Waals surface area contributed by atoms with Crippen LogP contribution in [0.3, 0.4) is 0 Å². The minimum Gasteiger partial charge on any atom is -0.389 e. The van der Waals surface area contributed by atoms with Crippen LogP contribution < -0.4 is 0 Å². The van der Waals surface area contributed by atoms with Crippen molar-refractivity contribution in [3.05, 3.63) is 71.2 Å². The predicted octanol–water partition coefficient (Wildman–Crippen LogP) is 5.70. The second-order valence-electron chi connectivity index (χ2n) is 4.98. The molecule has 106 valence electrons. The number of benzene rings is 3. The molecular formula is C18H15ClOS. The Kier molecular flexibility index (Phi) is 4.20. The maximum absolute atomic E-state index is 9.58. The van der Waals surface area contributed by atoms with Crippen molar-refractivity contribution < 1.29 is 5.11 Å². The van der Waals surface area contributed by atoms with Gasteiger partial charge in [0.05, 0.1) is 11.1 Å². The van der Waals surface area contributed by atoms with Crippen molar-refractivity contribution in [3.8, 4) is 0 Å². The minimum absolute atomic E-state index is 0.498. The lowest BCUT2D eigenvalue weighted by atomic mass is 10.1. The summed E-state index contributed by atoms with van der Waals surface area (Å²) in [7, 11) is 0. The second kappa shape index (κ2) is 6.10. The summed E-state index contributed by atoms with van der Waals surface area (Å²) >= 11 is 7.95. The summed E-state index contributed by atoms with van der Waals surface area (Å²) in [6.07, 6.45) is -0.498. The lowest BCUT2D eigenvalue weighted by Crippen LogP contribution is -1.90. The largest absolute Gasteiger partial charge is 0.389 e. The number of aliphatic hydroxyl groups is 1. The van der Waals surface area contributed by atoms with Crippen molar-refractivity contribution in [2.75, 3.05) is 0 Å². The van der Waals surface area contributed by atoms with E-state index in [2.05, 4.69) is 30.3 Å². The Morgan fingerprint density at radius 2 is 1.71 bits per heavy atom. The zero-order chi connectivity index (χ0) is 14.8. The van der Waals surface area contributed by atoms with E-state index in [0.29, 0.717) is 5.02 Å². The van der Waals surface area contributed by atoms with Gasteiger partial charge >= 0.3 is 0 Å². The van der Waals surface area contributed by atoms with Gasteiger partial charge in [-0.05, 0) is 47.5 Å². The van der Waals surface area contributed by atoms with E-state index in [-0.39, 0.29) is 0 Å². The van der Waals surface area contributed by atoms with Crippen LogP contribution in [0.4, 0.5) is 0 Å². The van der Waals surface area contributed by atoms with E-state index < -0.39 is 6.10 Å². The number of rotatable bonds is 3. The first-order valence-electron chi connectivity index (χ1n) is 6.77. The highest BCUT2D eigenvalue weighted by Crippen LogP contribution is 2.35. The maximum Gasteiger partial charge on any atom is 0.0762 e. The van der Waals surface area contributed by atoms with Crippen LogP contribution in [-0.4, -0.2) is 5.11 Å². The molecule has 1 nitrogen and oxygen atoms in total. The first-order valence-corrected chi connectivity index (χ1v) is 7.97. The average Bonchev–Trinajstić information content (AvgIpc) is 2.49. The van der Waals surface area contributed by atoms with Crippen LogP contribution in [-0.2, 0) is 0 Å². The molecule has 3 rings (SSSR count). The monoisotopic (exact) mass is 314 g/mol. The van der Waals surface area contributed by atoms with Crippen LogP contribution in [0.15, 0.2) is 70.5 Å². The van der Waals surface area contributed by atoms with E-state index in [9.17, 15) is 5.11 Å². The predicted molar refractivity (Wildman–Crippen MR) is 90.2 cm³/mol. The minimum atomic E-state index is -0.498. The molecule has 21 heavy (non-hydrogen) atoms. The fraction of sp³-hybridized carbons (Fsp3) is 0.111. The van der Waals surface area contributed by atoms with Crippen molar-refractivity contribution in [1.82, 2.24) is 0 Å². The van der Waals surface area contributed by atoms with Gasteiger partial charge in [0.1, 0.15) is 0 Å². The van der Waals surface area contributed by atoms with Gasteiger partial charge in [-0.3, -0.25) is 0 Å². The van der Waals surface area contributed by atoms with Crippen LogP contribution in [0.5, 0.6) is 0 Å². The Hall–Kier alpha value is -1.48. The van der Waals surface area contributed by atoms with Crippen LogP contribution >= 0.6 is 23.4 Å². The lowest BCUT2D eigenvalue weighted by molar-refractivity contribution is 0.199. The highest BCUT2D eigenvalue weighted by atomic mass is 35.5. The van der Waals surface area contributed by atoms with Gasteiger partial charge in [0.15, 0.2) is 0 Å². The van der Waals surface area contributed by atoms with Gasteiger partial charge in [-0.2, -0.15) is 0 Å². The van der Waals surface area contributed by atoms with E-state index in [0.717, 1.165) is 15.4 Å². The van der Waals surface area contributed by atoms with Crippen LogP contribution in [0.25, 0.3) is 10.8 Å². The van der Waals surface area contributed by atoms with E-state index in [1.807, 2.05) is 30.3 Å². The van der Waals surface area contributed by atoms with E-state index in [1.165, 1.54) is 10.8 Å². The SMILES string of the molecule is CC(O)c1ccc(Sc2ccc3ccccc3c2)c(Cl)c1. The first-order chi connectivity index (χ1) is 10.1. The molecule has 3 aromatic rings. The zero-order valence-electron chi connectivity index (χ0n) is 11.6. The van der Waals surface area contributed by atoms with Crippen LogP contribution in [0, 0.1) is 0 Å². The molecule has 0 saturated carbocycles. The van der Waals surface area contributed by atoms with Gasteiger partial charge in [0.25, 0.3) is 0 Å². The summed E-state index contributed by atoms with van der Waals surface area (Å²) < 4.78 is 0. The molecule has 1 unspecified atom stereocenters. The number of halogens is 1.